The molecule has 0 saturated carbocycles. The third kappa shape index (κ3) is 3.27. The molecule has 1 aliphatic heterocycles. The largest absolute Gasteiger partial charge is 0.329 e. The fraction of sp³-hybridized carbons (Fsp3) is 0.684. The van der Waals surface area contributed by atoms with Crippen molar-refractivity contribution in [2.45, 2.75) is 66.6 Å². The summed E-state index contributed by atoms with van der Waals surface area (Å²) in [5, 5.41) is 4.67. The summed E-state index contributed by atoms with van der Waals surface area (Å²) < 4.78 is 4.39. The standard InChI is InChI=1S/C19H31N5/c1-6-24-17(5)19(16(4)21-24)18-11-20-13-23(18)12-15(3)22-9-7-14(2)8-10-22/h11,13-15H,6-10,12H2,1-5H3. The second-order valence-electron chi connectivity index (χ2n) is 7.36. The molecule has 1 aliphatic rings. The Hall–Kier alpha value is -1.62. The third-order valence-electron chi connectivity index (χ3n) is 5.55. The van der Waals surface area contributed by atoms with Crippen molar-refractivity contribution in [2.24, 2.45) is 5.92 Å². The second kappa shape index (κ2) is 7.09. The fourth-order valence-electron chi connectivity index (χ4n) is 3.92. The molecule has 2 aromatic rings. The summed E-state index contributed by atoms with van der Waals surface area (Å²) in [5.74, 6) is 0.877. The molecule has 132 valence electrons. The van der Waals surface area contributed by atoms with E-state index < -0.39 is 0 Å². The van der Waals surface area contributed by atoms with E-state index in [0.717, 1.165) is 24.7 Å². The molecule has 0 radical (unpaired) electrons. The van der Waals surface area contributed by atoms with E-state index in [2.05, 4.69) is 58.9 Å². The highest BCUT2D eigenvalue weighted by molar-refractivity contribution is 5.64. The van der Waals surface area contributed by atoms with Crippen LogP contribution in [0.2, 0.25) is 0 Å². The van der Waals surface area contributed by atoms with Crippen molar-refractivity contribution in [1.29, 1.82) is 0 Å². The number of hydrogen-bond donors (Lipinski definition) is 0. The van der Waals surface area contributed by atoms with E-state index >= 15 is 0 Å². The molecule has 5 nitrogen and oxygen atoms in total. The number of rotatable bonds is 5. The third-order valence-corrected chi connectivity index (χ3v) is 5.55. The zero-order chi connectivity index (χ0) is 17.3. The number of aryl methyl sites for hydroxylation is 2. The molecule has 1 saturated heterocycles. The molecule has 5 heteroatoms. The van der Waals surface area contributed by atoms with Gasteiger partial charge in [0.2, 0.25) is 0 Å². The Morgan fingerprint density at radius 3 is 2.58 bits per heavy atom. The summed E-state index contributed by atoms with van der Waals surface area (Å²) in [6.07, 6.45) is 6.60. The van der Waals surface area contributed by atoms with Crippen molar-refractivity contribution in [1.82, 2.24) is 24.2 Å². The minimum Gasteiger partial charge on any atom is -0.329 e. The summed E-state index contributed by atoms with van der Waals surface area (Å²) in [6, 6.07) is 0.535. The lowest BCUT2D eigenvalue weighted by Crippen LogP contribution is -2.41. The lowest BCUT2D eigenvalue weighted by atomic mass is 9.98. The Morgan fingerprint density at radius 2 is 1.96 bits per heavy atom. The first-order chi connectivity index (χ1) is 11.5. The first kappa shape index (κ1) is 17.2. The van der Waals surface area contributed by atoms with Gasteiger partial charge >= 0.3 is 0 Å². The summed E-state index contributed by atoms with van der Waals surface area (Å²) in [5.41, 5.74) is 4.77. The molecule has 0 aliphatic carbocycles. The van der Waals surface area contributed by atoms with Gasteiger partial charge in [0, 0.05) is 30.4 Å². The highest BCUT2D eigenvalue weighted by Crippen LogP contribution is 2.27. The molecule has 2 aromatic heterocycles. The second-order valence-corrected chi connectivity index (χ2v) is 7.36. The Kier molecular flexibility index (Phi) is 5.09. The zero-order valence-corrected chi connectivity index (χ0v) is 15.8. The summed E-state index contributed by atoms with van der Waals surface area (Å²) in [6.45, 7) is 15.4. The average molecular weight is 329 g/mol. The molecule has 0 spiro atoms. The van der Waals surface area contributed by atoms with Crippen molar-refractivity contribution in [3.8, 4) is 11.3 Å². The maximum Gasteiger partial charge on any atom is 0.0951 e. The highest BCUT2D eigenvalue weighted by atomic mass is 15.3. The Morgan fingerprint density at radius 1 is 1.25 bits per heavy atom. The van der Waals surface area contributed by atoms with Crippen molar-refractivity contribution in [3.63, 3.8) is 0 Å². The van der Waals surface area contributed by atoms with Crippen LogP contribution in [0, 0.1) is 19.8 Å². The fourth-order valence-corrected chi connectivity index (χ4v) is 3.92. The van der Waals surface area contributed by atoms with E-state index in [9.17, 15) is 0 Å². The van der Waals surface area contributed by atoms with Gasteiger partial charge in [0.25, 0.3) is 0 Å². The van der Waals surface area contributed by atoms with Gasteiger partial charge in [0.05, 0.1) is 23.9 Å². The predicted molar refractivity (Wildman–Crippen MR) is 98.0 cm³/mol. The van der Waals surface area contributed by atoms with Crippen LogP contribution in [0.5, 0.6) is 0 Å². The number of aromatic nitrogens is 4. The molecule has 1 fully saturated rings. The number of imidazole rings is 1. The van der Waals surface area contributed by atoms with Gasteiger partial charge in [-0.2, -0.15) is 5.10 Å². The van der Waals surface area contributed by atoms with E-state index in [1.54, 1.807) is 0 Å². The average Bonchev–Trinajstić information content (AvgIpc) is 3.11. The lowest BCUT2D eigenvalue weighted by Gasteiger charge is -2.35. The van der Waals surface area contributed by atoms with Crippen LogP contribution in [0.4, 0.5) is 0 Å². The molecule has 0 aromatic carbocycles. The van der Waals surface area contributed by atoms with Crippen LogP contribution in [-0.2, 0) is 13.1 Å². The first-order valence-electron chi connectivity index (χ1n) is 9.29. The normalized spacial score (nSPS) is 18.2. The van der Waals surface area contributed by atoms with Crippen LogP contribution >= 0.6 is 0 Å². The van der Waals surface area contributed by atoms with E-state index in [0.29, 0.717) is 6.04 Å². The topological polar surface area (TPSA) is 38.9 Å². The van der Waals surface area contributed by atoms with Gasteiger partial charge in [-0.1, -0.05) is 6.92 Å². The SMILES string of the molecule is CCn1nc(C)c(-c2cncn2CC(C)N2CCC(C)CC2)c1C. The number of hydrogen-bond acceptors (Lipinski definition) is 3. The Bertz CT molecular complexity index is 676. The van der Waals surface area contributed by atoms with E-state index in [1.807, 2.05) is 12.5 Å². The van der Waals surface area contributed by atoms with Crippen molar-refractivity contribution in [2.75, 3.05) is 13.1 Å². The van der Waals surface area contributed by atoms with E-state index in [-0.39, 0.29) is 0 Å². The van der Waals surface area contributed by atoms with Crippen LogP contribution in [0.1, 0.15) is 45.0 Å². The monoisotopic (exact) mass is 329 g/mol. The van der Waals surface area contributed by atoms with Gasteiger partial charge in [-0.15, -0.1) is 0 Å². The van der Waals surface area contributed by atoms with Gasteiger partial charge in [-0.25, -0.2) is 4.98 Å². The molecule has 3 heterocycles. The minimum absolute atomic E-state index is 0.535. The quantitative estimate of drug-likeness (QED) is 0.843. The summed E-state index contributed by atoms with van der Waals surface area (Å²) in [7, 11) is 0. The van der Waals surface area contributed by atoms with Crippen LogP contribution in [0.3, 0.4) is 0 Å². The van der Waals surface area contributed by atoms with Crippen LogP contribution in [0.15, 0.2) is 12.5 Å². The number of likely N-dealkylation sites (tertiary alicyclic amines) is 1. The lowest BCUT2D eigenvalue weighted by molar-refractivity contribution is 0.135. The molecule has 0 N–H and O–H groups in total. The van der Waals surface area contributed by atoms with Gasteiger partial charge in [-0.05, 0) is 59.5 Å². The molecule has 3 rings (SSSR count). The smallest absolute Gasteiger partial charge is 0.0951 e. The zero-order valence-electron chi connectivity index (χ0n) is 15.8. The molecule has 24 heavy (non-hydrogen) atoms. The van der Waals surface area contributed by atoms with Crippen LogP contribution < -0.4 is 0 Å². The van der Waals surface area contributed by atoms with E-state index in [1.165, 1.54) is 42.9 Å². The molecule has 1 unspecified atom stereocenters. The maximum absolute atomic E-state index is 4.67. The first-order valence-corrected chi connectivity index (χ1v) is 9.29. The van der Waals surface area contributed by atoms with Gasteiger partial charge in [0.1, 0.15) is 0 Å². The van der Waals surface area contributed by atoms with Crippen LogP contribution in [-0.4, -0.2) is 43.4 Å². The van der Waals surface area contributed by atoms with Crippen LogP contribution in [0.25, 0.3) is 11.3 Å². The molecular formula is C19H31N5. The van der Waals surface area contributed by atoms with Crippen molar-refractivity contribution < 1.29 is 0 Å². The Balaban J connectivity index is 1.80. The molecule has 0 bridgehead atoms. The molecule has 1 atom stereocenters. The van der Waals surface area contributed by atoms with Gasteiger partial charge < -0.3 is 4.57 Å². The summed E-state index contributed by atoms with van der Waals surface area (Å²) >= 11 is 0. The van der Waals surface area contributed by atoms with Crippen molar-refractivity contribution >= 4 is 0 Å². The summed E-state index contributed by atoms with van der Waals surface area (Å²) in [4.78, 5) is 7.06. The minimum atomic E-state index is 0.535. The van der Waals surface area contributed by atoms with Crippen molar-refractivity contribution in [3.05, 3.63) is 23.9 Å². The number of piperidine rings is 1. The van der Waals surface area contributed by atoms with E-state index in [4.69, 9.17) is 0 Å². The number of nitrogens with zero attached hydrogens (tertiary/aromatic N) is 5. The van der Waals surface area contributed by atoms with Gasteiger partial charge in [-0.3, -0.25) is 9.58 Å². The Labute approximate surface area is 145 Å². The van der Waals surface area contributed by atoms with Gasteiger partial charge in [0.15, 0.2) is 0 Å². The molecule has 0 amide bonds. The maximum atomic E-state index is 4.67. The highest BCUT2D eigenvalue weighted by Gasteiger charge is 2.22. The predicted octanol–water partition coefficient (Wildman–Crippen LogP) is 3.50. The molecular weight excluding hydrogens is 298 g/mol.